The predicted octanol–water partition coefficient (Wildman–Crippen LogP) is 2.07. The normalized spacial score (nSPS) is 16.3. The molecule has 0 bridgehead atoms. The minimum Gasteiger partial charge on any atom is -0.328 e. The first-order chi connectivity index (χ1) is 10.8. The summed E-state index contributed by atoms with van der Waals surface area (Å²) < 4.78 is 0. The number of nitrogens with one attached hydrogen (secondary N) is 1. The van der Waals surface area contributed by atoms with Crippen LogP contribution in [0.5, 0.6) is 0 Å². The molecule has 1 N–H and O–H groups in total. The van der Waals surface area contributed by atoms with Crippen LogP contribution in [-0.2, 0) is 6.54 Å². The number of hydrazone groups is 1. The van der Waals surface area contributed by atoms with Crippen LogP contribution < -0.4 is 4.90 Å². The quantitative estimate of drug-likeness (QED) is 0.857. The van der Waals surface area contributed by atoms with E-state index in [1.165, 1.54) is 5.56 Å². The van der Waals surface area contributed by atoms with Gasteiger partial charge in [0.2, 0.25) is 0 Å². The molecule has 4 heteroatoms. The maximum absolute atomic E-state index is 6.14. The van der Waals surface area contributed by atoms with Crippen molar-refractivity contribution in [3.63, 3.8) is 0 Å². The molecule has 1 aliphatic rings. The molecule has 114 valence electrons. The summed E-state index contributed by atoms with van der Waals surface area (Å²) in [7, 11) is 0. The van der Waals surface area contributed by atoms with Crippen molar-refractivity contribution < 1.29 is 4.90 Å². The minimum absolute atomic E-state index is 0.750. The van der Waals surface area contributed by atoms with E-state index in [4.69, 9.17) is 11.6 Å². The van der Waals surface area contributed by atoms with Gasteiger partial charge in [0.15, 0.2) is 0 Å². The van der Waals surface area contributed by atoms with E-state index in [0.717, 1.165) is 43.3 Å². The average molecular weight is 315 g/mol. The maximum atomic E-state index is 6.14. The van der Waals surface area contributed by atoms with Gasteiger partial charge in [-0.2, -0.15) is 5.10 Å². The van der Waals surface area contributed by atoms with Crippen molar-refractivity contribution in [2.75, 3.05) is 26.2 Å². The van der Waals surface area contributed by atoms with E-state index in [0.29, 0.717) is 0 Å². The van der Waals surface area contributed by atoms with Crippen LogP contribution in [0.4, 0.5) is 0 Å². The lowest BCUT2D eigenvalue weighted by Crippen LogP contribution is -3.13. The van der Waals surface area contributed by atoms with E-state index in [-0.39, 0.29) is 0 Å². The van der Waals surface area contributed by atoms with Crippen molar-refractivity contribution in [2.24, 2.45) is 5.10 Å². The highest BCUT2D eigenvalue weighted by Gasteiger charge is 2.18. The highest BCUT2D eigenvalue weighted by atomic mass is 35.5. The summed E-state index contributed by atoms with van der Waals surface area (Å²) in [6, 6.07) is 18.5. The highest BCUT2D eigenvalue weighted by molar-refractivity contribution is 6.33. The molecule has 22 heavy (non-hydrogen) atoms. The second-order valence-electron chi connectivity index (χ2n) is 5.63. The van der Waals surface area contributed by atoms with Crippen molar-refractivity contribution >= 4 is 17.8 Å². The lowest BCUT2D eigenvalue weighted by atomic mass is 10.2. The van der Waals surface area contributed by atoms with Crippen LogP contribution in [0.3, 0.4) is 0 Å². The first-order valence-corrected chi connectivity index (χ1v) is 8.10. The monoisotopic (exact) mass is 314 g/mol. The Morgan fingerprint density at radius 2 is 1.68 bits per heavy atom. The molecule has 3 nitrogen and oxygen atoms in total. The molecule has 0 atom stereocenters. The number of nitrogens with zero attached hydrogens (tertiary/aromatic N) is 2. The Bertz CT molecular complexity index is 619. The van der Waals surface area contributed by atoms with Gasteiger partial charge in [-0.3, -0.25) is 5.01 Å². The molecule has 0 aromatic heterocycles. The number of quaternary nitrogens is 1. The standard InChI is InChI=1S/C18H20ClN3/c19-18-9-5-4-8-17(18)14-20-22-12-10-21(11-13-22)15-16-6-2-1-3-7-16/h1-9,14H,10-13,15H2/p+1/b20-14-. The zero-order valence-corrected chi connectivity index (χ0v) is 13.3. The molecule has 2 aromatic rings. The third-order valence-corrected chi connectivity index (χ3v) is 4.35. The summed E-state index contributed by atoms with van der Waals surface area (Å²) in [5.41, 5.74) is 2.38. The van der Waals surface area contributed by atoms with E-state index >= 15 is 0 Å². The van der Waals surface area contributed by atoms with Gasteiger partial charge in [-0.25, -0.2) is 0 Å². The van der Waals surface area contributed by atoms with Gasteiger partial charge in [-0.05, 0) is 6.07 Å². The predicted molar refractivity (Wildman–Crippen MR) is 91.5 cm³/mol. The first-order valence-electron chi connectivity index (χ1n) is 7.72. The van der Waals surface area contributed by atoms with Crippen LogP contribution in [0.2, 0.25) is 5.02 Å². The summed E-state index contributed by atoms with van der Waals surface area (Å²) >= 11 is 6.14. The second-order valence-corrected chi connectivity index (χ2v) is 6.04. The molecule has 0 unspecified atom stereocenters. The number of piperazine rings is 1. The van der Waals surface area contributed by atoms with E-state index < -0.39 is 0 Å². The van der Waals surface area contributed by atoms with Crippen LogP contribution in [0.25, 0.3) is 0 Å². The summed E-state index contributed by atoms with van der Waals surface area (Å²) in [4.78, 5) is 1.62. The fourth-order valence-electron chi connectivity index (χ4n) is 2.71. The Balaban J connectivity index is 1.51. The average Bonchev–Trinajstić information content (AvgIpc) is 2.56. The van der Waals surface area contributed by atoms with Gasteiger partial charge in [0, 0.05) is 16.1 Å². The molecule has 0 spiro atoms. The fraction of sp³-hybridized carbons (Fsp3) is 0.278. The van der Waals surface area contributed by atoms with Crippen LogP contribution in [0.1, 0.15) is 11.1 Å². The maximum Gasteiger partial charge on any atom is 0.103 e. The van der Waals surface area contributed by atoms with E-state index in [1.54, 1.807) is 4.90 Å². The molecule has 1 heterocycles. The van der Waals surface area contributed by atoms with Gasteiger partial charge < -0.3 is 4.90 Å². The van der Waals surface area contributed by atoms with E-state index in [2.05, 4.69) is 40.4 Å². The molecule has 1 saturated heterocycles. The van der Waals surface area contributed by atoms with E-state index in [1.807, 2.05) is 30.5 Å². The summed E-state index contributed by atoms with van der Waals surface area (Å²) in [6.45, 7) is 5.32. The van der Waals surface area contributed by atoms with E-state index in [9.17, 15) is 0 Å². The second kappa shape index (κ2) is 7.43. The SMILES string of the molecule is Clc1ccccc1/C=N\N1CC[NH+](Cc2ccccc2)CC1. The van der Waals surface area contributed by atoms with Gasteiger partial charge in [0.25, 0.3) is 0 Å². The molecular weight excluding hydrogens is 294 g/mol. The Morgan fingerprint density at radius 3 is 2.41 bits per heavy atom. The number of hydrogen-bond acceptors (Lipinski definition) is 2. The van der Waals surface area contributed by atoms with Gasteiger partial charge in [0.1, 0.15) is 6.54 Å². The zero-order chi connectivity index (χ0) is 15.2. The van der Waals surface area contributed by atoms with Crippen LogP contribution in [0.15, 0.2) is 59.7 Å². The number of hydrogen-bond donors (Lipinski definition) is 1. The van der Waals surface area contributed by atoms with Crippen LogP contribution >= 0.6 is 11.6 Å². The Hall–Kier alpha value is -1.84. The molecule has 1 aliphatic heterocycles. The lowest BCUT2D eigenvalue weighted by Gasteiger charge is -2.30. The third-order valence-electron chi connectivity index (χ3n) is 4.01. The van der Waals surface area contributed by atoms with Gasteiger partial charge in [-0.1, -0.05) is 60.1 Å². The van der Waals surface area contributed by atoms with Crippen molar-refractivity contribution in [3.8, 4) is 0 Å². The fourth-order valence-corrected chi connectivity index (χ4v) is 2.90. The molecule has 0 amide bonds. The summed E-state index contributed by atoms with van der Waals surface area (Å²) in [5.74, 6) is 0. The van der Waals surface area contributed by atoms with Crippen LogP contribution in [0, 0.1) is 0 Å². The molecule has 3 rings (SSSR count). The molecule has 0 radical (unpaired) electrons. The van der Waals surface area contributed by atoms with Crippen molar-refractivity contribution in [2.45, 2.75) is 6.54 Å². The molecule has 2 aromatic carbocycles. The highest BCUT2D eigenvalue weighted by Crippen LogP contribution is 2.12. The summed E-state index contributed by atoms with van der Waals surface area (Å²) in [5, 5.41) is 7.45. The molecule has 1 fully saturated rings. The first kappa shape index (κ1) is 15.1. The van der Waals surface area contributed by atoms with Gasteiger partial charge >= 0.3 is 0 Å². The van der Waals surface area contributed by atoms with Gasteiger partial charge in [-0.15, -0.1) is 0 Å². The Morgan fingerprint density at radius 1 is 1.00 bits per heavy atom. The summed E-state index contributed by atoms with van der Waals surface area (Å²) in [6.07, 6.45) is 1.87. The Labute approximate surface area is 136 Å². The third kappa shape index (κ3) is 4.09. The Kier molecular flexibility index (Phi) is 5.09. The lowest BCUT2D eigenvalue weighted by molar-refractivity contribution is -0.918. The molecule has 0 aliphatic carbocycles. The number of halogens is 1. The topological polar surface area (TPSA) is 20.0 Å². The minimum atomic E-state index is 0.750. The van der Waals surface area contributed by atoms with Crippen LogP contribution in [-0.4, -0.2) is 37.4 Å². The number of benzene rings is 2. The molecular formula is C18H21ClN3+. The largest absolute Gasteiger partial charge is 0.328 e. The van der Waals surface area contributed by atoms with Crippen molar-refractivity contribution in [3.05, 3.63) is 70.7 Å². The van der Waals surface area contributed by atoms with Crippen molar-refractivity contribution in [1.82, 2.24) is 5.01 Å². The zero-order valence-electron chi connectivity index (χ0n) is 12.6. The smallest absolute Gasteiger partial charge is 0.103 e. The number of rotatable bonds is 4. The molecule has 0 saturated carbocycles. The van der Waals surface area contributed by atoms with Gasteiger partial charge in [0.05, 0.1) is 32.4 Å². The van der Waals surface area contributed by atoms with Crippen molar-refractivity contribution in [1.29, 1.82) is 0 Å².